The van der Waals surface area contributed by atoms with Crippen LogP contribution in [0.4, 0.5) is 17.6 Å². The molecule has 0 atom stereocenters. The largest absolute Gasteiger partial charge is 0.368 e. The number of anilines is 3. The highest BCUT2D eigenvalue weighted by atomic mass is 15.3. The molecule has 0 radical (unpaired) electrons. The molecule has 1 aromatic heterocycles. The summed E-state index contributed by atoms with van der Waals surface area (Å²) in [6, 6.07) is 26.0. The number of nitrogens with zero attached hydrogens (tertiary/aromatic N) is 5. The Labute approximate surface area is 205 Å². The minimum Gasteiger partial charge on any atom is -0.368 e. The van der Waals surface area contributed by atoms with E-state index < -0.39 is 0 Å². The number of aromatic nitrogens is 3. The Hall–Kier alpha value is -3.81. The van der Waals surface area contributed by atoms with Crippen LogP contribution in [0.5, 0.6) is 0 Å². The fraction of sp³-hybridized carbons (Fsp3) is 0.250. The van der Waals surface area contributed by atoms with Gasteiger partial charge in [-0.1, -0.05) is 66.7 Å². The Kier molecular flexibility index (Phi) is 5.64. The van der Waals surface area contributed by atoms with Crippen molar-refractivity contribution in [1.82, 2.24) is 24.8 Å². The third-order valence-corrected chi connectivity index (χ3v) is 7.03. The standard InChI is InChI=1S/C28H29N7/c1-19-8-2-7-13-24(19)30-28-32-25(31-27(29)33-28)18-34-14-16-35(17-15-34)26-22-11-5-3-9-20(22)21-10-4-6-12-23(21)26/h2-13,26H,14-18H2,1H3,(H3,29,30,31,32,33). The molecule has 0 amide bonds. The number of rotatable bonds is 5. The molecule has 1 aliphatic carbocycles. The molecule has 1 saturated heterocycles. The summed E-state index contributed by atoms with van der Waals surface area (Å²) >= 11 is 0. The molecule has 3 aromatic carbocycles. The van der Waals surface area contributed by atoms with Crippen LogP contribution < -0.4 is 11.1 Å². The number of nitrogens with one attached hydrogen (secondary N) is 1. The Bertz CT molecular complexity index is 1320. The Morgan fingerprint density at radius 1 is 0.800 bits per heavy atom. The van der Waals surface area contributed by atoms with E-state index in [0.29, 0.717) is 24.4 Å². The van der Waals surface area contributed by atoms with Gasteiger partial charge in [0.05, 0.1) is 12.6 Å². The van der Waals surface area contributed by atoms with E-state index in [1.54, 1.807) is 0 Å². The van der Waals surface area contributed by atoms with Gasteiger partial charge in [0.25, 0.3) is 0 Å². The molecule has 0 spiro atoms. The second kappa shape index (κ2) is 9.09. The maximum Gasteiger partial charge on any atom is 0.232 e. The summed E-state index contributed by atoms with van der Waals surface area (Å²) in [6.45, 7) is 6.58. The number of para-hydroxylation sites is 1. The predicted molar refractivity (Wildman–Crippen MR) is 139 cm³/mol. The van der Waals surface area contributed by atoms with Crippen molar-refractivity contribution in [3.63, 3.8) is 0 Å². The van der Waals surface area contributed by atoms with E-state index in [1.165, 1.54) is 22.3 Å². The molecular weight excluding hydrogens is 434 g/mol. The van der Waals surface area contributed by atoms with Crippen molar-refractivity contribution in [3.05, 3.63) is 95.3 Å². The maximum absolute atomic E-state index is 6.02. The highest BCUT2D eigenvalue weighted by Gasteiger charge is 2.34. The molecule has 0 unspecified atom stereocenters. The number of hydrogen-bond acceptors (Lipinski definition) is 7. The summed E-state index contributed by atoms with van der Waals surface area (Å²) in [5, 5.41) is 3.28. The molecule has 35 heavy (non-hydrogen) atoms. The summed E-state index contributed by atoms with van der Waals surface area (Å²) in [5.41, 5.74) is 13.7. The molecule has 4 aromatic rings. The molecule has 2 heterocycles. The Morgan fingerprint density at radius 2 is 1.43 bits per heavy atom. The van der Waals surface area contributed by atoms with Gasteiger partial charge in [0.15, 0.2) is 0 Å². The van der Waals surface area contributed by atoms with Crippen molar-refractivity contribution in [2.75, 3.05) is 37.2 Å². The minimum atomic E-state index is 0.240. The van der Waals surface area contributed by atoms with Crippen LogP contribution in [0.1, 0.15) is 28.6 Å². The predicted octanol–water partition coefficient (Wildman–Crippen LogP) is 4.39. The van der Waals surface area contributed by atoms with Gasteiger partial charge in [0.1, 0.15) is 5.82 Å². The van der Waals surface area contributed by atoms with Gasteiger partial charge in [0.2, 0.25) is 11.9 Å². The van der Waals surface area contributed by atoms with Crippen LogP contribution in [0, 0.1) is 6.92 Å². The van der Waals surface area contributed by atoms with Gasteiger partial charge in [0, 0.05) is 31.9 Å². The number of fused-ring (bicyclic) bond motifs is 3. The van der Waals surface area contributed by atoms with Crippen LogP contribution in [0.3, 0.4) is 0 Å². The van der Waals surface area contributed by atoms with Crippen LogP contribution in [-0.4, -0.2) is 50.9 Å². The van der Waals surface area contributed by atoms with E-state index in [1.807, 2.05) is 18.2 Å². The second-order valence-corrected chi connectivity index (χ2v) is 9.26. The topological polar surface area (TPSA) is 83.2 Å². The second-order valence-electron chi connectivity index (χ2n) is 9.26. The van der Waals surface area contributed by atoms with Crippen LogP contribution in [0.15, 0.2) is 72.8 Å². The minimum absolute atomic E-state index is 0.240. The van der Waals surface area contributed by atoms with Gasteiger partial charge >= 0.3 is 0 Å². The quantitative estimate of drug-likeness (QED) is 0.454. The number of piperazine rings is 1. The van der Waals surface area contributed by atoms with Gasteiger partial charge in [-0.3, -0.25) is 9.80 Å². The zero-order valence-corrected chi connectivity index (χ0v) is 19.9. The lowest BCUT2D eigenvalue weighted by atomic mass is 10.0. The lowest BCUT2D eigenvalue weighted by Gasteiger charge is -2.38. The monoisotopic (exact) mass is 463 g/mol. The van der Waals surface area contributed by atoms with Gasteiger partial charge < -0.3 is 11.1 Å². The summed E-state index contributed by atoms with van der Waals surface area (Å²) in [4.78, 5) is 18.4. The molecule has 7 nitrogen and oxygen atoms in total. The smallest absolute Gasteiger partial charge is 0.232 e. The first-order valence-electron chi connectivity index (χ1n) is 12.1. The normalized spacial score (nSPS) is 16.1. The van der Waals surface area contributed by atoms with Crippen molar-refractivity contribution in [2.45, 2.75) is 19.5 Å². The lowest BCUT2D eigenvalue weighted by Crippen LogP contribution is -2.47. The highest BCUT2D eigenvalue weighted by Crippen LogP contribution is 2.46. The Morgan fingerprint density at radius 3 is 2.11 bits per heavy atom. The van der Waals surface area contributed by atoms with Crippen molar-refractivity contribution < 1.29 is 0 Å². The van der Waals surface area contributed by atoms with E-state index in [2.05, 4.69) is 91.6 Å². The van der Waals surface area contributed by atoms with E-state index >= 15 is 0 Å². The molecular formula is C28H29N7. The van der Waals surface area contributed by atoms with Crippen molar-refractivity contribution >= 4 is 17.6 Å². The number of hydrogen-bond donors (Lipinski definition) is 2. The first kappa shape index (κ1) is 21.7. The number of aryl methyl sites for hydroxylation is 1. The molecule has 6 rings (SSSR count). The summed E-state index contributed by atoms with van der Waals surface area (Å²) in [6.07, 6.45) is 0. The Balaban J connectivity index is 1.15. The van der Waals surface area contributed by atoms with E-state index in [9.17, 15) is 0 Å². The highest BCUT2D eigenvalue weighted by molar-refractivity contribution is 5.78. The third-order valence-electron chi connectivity index (χ3n) is 7.03. The van der Waals surface area contributed by atoms with Crippen LogP contribution in [0.2, 0.25) is 0 Å². The summed E-state index contributed by atoms with van der Waals surface area (Å²) < 4.78 is 0. The van der Waals surface area contributed by atoms with Crippen LogP contribution in [0.25, 0.3) is 11.1 Å². The summed E-state index contributed by atoms with van der Waals surface area (Å²) in [7, 11) is 0. The fourth-order valence-corrected chi connectivity index (χ4v) is 5.30. The van der Waals surface area contributed by atoms with Crippen molar-refractivity contribution in [2.24, 2.45) is 0 Å². The molecule has 0 saturated carbocycles. The zero-order valence-electron chi connectivity index (χ0n) is 19.9. The number of nitrogens with two attached hydrogens (primary N) is 1. The van der Waals surface area contributed by atoms with Gasteiger partial charge in [-0.2, -0.15) is 15.0 Å². The number of nitrogen functional groups attached to an aromatic ring is 1. The van der Waals surface area contributed by atoms with Gasteiger partial charge in [-0.15, -0.1) is 0 Å². The maximum atomic E-state index is 6.02. The molecule has 0 bridgehead atoms. The molecule has 2 aliphatic rings. The number of benzene rings is 3. The molecule has 1 fully saturated rings. The van der Waals surface area contributed by atoms with Crippen molar-refractivity contribution in [1.29, 1.82) is 0 Å². The molecule has 7 heteroatoms. The average Bonchev–Trinajstić information content (AvgIpc) is 3.20. The van der Waals surface area contributed by atoms with E-state index in [-0.39, 0.29) is 5.95 Å². The SMILES string of the molecule is Cc1ccccc1Nc1nc(N)nc(CN2CCN(C3c4ccccc4-c4ccccc43)CC2)n1. The van der Waals surface area contributed by atoms with Crippen LogP contribution >= 0.6 is 0 Å². The zero-order chi connectivity index (χ0) is 23.8. The van der Waals surface area contributed by atoms with Crippen molar-refractivity contribution in [3.8, 4) is 11.1 Å². The lowest BCUT2D eigenvalue weighted by molar-refractivity contribution is 0.104. The molecule has 176 valence electrons. The van der Waals surface area contributed by atoms with E-state index in [0.717, 1.165) is 37.4 Å². The van der Waals surface area contributed by atoms with E-state index in [4.69, 9.17) is 5.73 Å². The molecule has 3 N–H and O–H groups in total. The van der Waals surface area contributed by atoms with Crippen LogP contribution in [-0.2, 0) is 6.54 Å². The first-order chi connectivity index (χ1) is 17.2. The van der Waals surface area contributed by atoms with Gasteiger partial charge in [-0.25, -0.2) is 0 Å². The fourth-order valence-electron chi connectivity index (χ4n) is 5.30. The summed E-state index contributed by atoms with van der Waals surface area (Å²) in [5.74, 6) is 1.42. The average molecular weight is 464 g/mol. The van der Waals surface area contributed by atoms with Gasteiger partial charge in [-0.05, 0) is 40.8 Å². The molecule has 1 aliphatic heterocycles. The first-order valence-corrected chi connectivity index (χ1v) is 12.1. The third kappa shape index (κ3) is 4.24.